The summed E-state index contributed by atoms with van der Waals surface area (Å²) in [6.45, 7) is 1.79. The molecule has 0 aliphatic heterocycles. The first kappa shape index (κ1) is 10.4. The molecule has 5 nitrogen and oxygen atoms in total. The van der Waals surface area contributed by atoms with Crippen LogP contribution in [0.5, 0.6) is 0 Å². The fraction of sp³-hybridized carbons (Fsp3) is 0.0909. The number of benzene rings is 1. The number of hydrogen-bond acceptors (Lipinski definition) is 4. The number of nitrogens with zero attached hydrogens (tertiary/aromatic N) is 1. The number of aryl methyl sites for hydroxylation is 1. The average molecular weight is 217 g/mol. The van der Waals surface area contributed by atoms with Crippen LogP contribution in [0.15, 0.2) is 24.3 Å². The van der Waals surface area contributed by atoms with Crippen molar-refractivity contribution < 1.29 is 9.90 Å². The molecule has 2 aromatic rings. The Morgan fingerprint density at radius 1 is 1.50 bits per heavy atom. The van der Waals surface area contributed by atoms with E-state index in [0.29, 0.717) is 22.3 Å². The molecule has 1 heterocycles. The third kappa shape index (κ3) is 1.57. The first-order valence-corrected chi connectivity index (χ1v) is 4.73. The van der Waals surface area contributed by atoms with E-state index in [2.05, 4.69) is 10.4 Å². The summed E-state index contributed by atoms with van der Waals surface area (Å²) in [4.78, 5) is 15.3. The first-order valence-electron chi connectivity index (χ1n) is 4.73. The normalized spacial score (nSPS) is 10.4. The molecule has 82 valence electrons. The lowest BCUT2D eigenvalue weighted by Gasteiger charge is -2.08. The van der Waals surface area contributed by atoms with Gasteiger partial charge in [-0.1, -0.05) is 12.1 Å². The molecule has 1 aromatic heterocycles. The van der Waals surface area contributed by atoms with Crippen LogP contribution in [-0.4, -0.2) is 16.1 Å². The number of carboxylic acids is 1. The number of nitrogens with two attached hydrogens (primary N) is 1. The molecule has 0 spiro atoms. The third-order valence-corrected chi connectivity index (χ3v) is 2.35. The second kappa shape index (κ2) is 3.79. The van der Waals surface area contributed by atoms with E-state index in [-0.39, 0.29) is 5.56 Å². The van der Waals surface area contributed by atoms with Crippen molar-refractivity contribution in [1.29, 1.82) is 0 Å². The maximum absolute atomic E-state index is 11.0. The van der Waals surface area contributed by atoms with E-state index in [1.165, 1.54) is 6.07 Å². The minimum atomic E-state index is -0.994. The maximum atomic E-state index is 11.0. The van der Waals surface area contributed by atoms with Crippen LogP contribution in [0.1, 0.15) is 16.1 Å². The Bertz CT molecular complexity index is 566. The zero-order valence-electron chi connectivity index (χ0n) is 8.69. The van der Waals surface area contributed by atoms with Crippen molar-refractivity contribution in [3.05, 3.63) is 35.5 Å². The van der Waals surface area contributed by atoms with E-state index in [1.807, 2.05) is 0 Å². The standard InChI is InChI=1S/C11H11N3O2/c1-6-5-9(14-12)7-3-2-4-8(11(15)16)10(7)13-6/h2-5H,12H2,1H3,(H,13,14)(H,15,16). The number of hydrazine groups is 1. The third-order valence-electron chi connectivity index (χ3n) is 2.35. The number of aromatic carboxylic acids is 1. The minimum Gasteiger partial charge on any atom is -0.478 e. The lowest BCUT2D eigenvalue weighted by atomic mass is 10.1. The number of carbonyl (C=O) groups is 1. The Morgan fingerprint density at radius 2 is 2.25 bits per heavy atom. The van der Waals surface area contributed by atoms with Gasteiger partial charge in [0.2, 0.25) is 0 Å². The molecule has 5 heteroatoms. The van der Waals surface area contributed by atoms with Gasteiger partial charge in [0.25, 0.3) is 0 Å². The van der Waals surface area contributed by atoms with Crippen molar-refractivity contribution >= 4 is 22.6 Å². The number of pyridine rings is 1. The number of aromatic nitrogens is 1. The molecule has 2 rings (SSSR count). The predicted octanol–water partition coefficient (Wildman–Crippen LogP) is 1.53. The van der Waals surface area contributed by atoms with Gasteiger partial charge in [0.15, 0.2) is 0 Å². The second-order valence-corrected chi connectivity index (χ2v) is 3.46. The van der Waals surface area contributed by atoms with Crippen molar-refractivity contribution in [3.63, 3.8) is 0 Å². The van der Waals surface area contributed by atoms with Crippen molar-refractivity contribution in [2.75, 3.05) is 5.43 Å². The van der Waals surface area contributed by atoms with Crippen LogP contribution in [-0.2, 0) is 0 Å². The van der Waals surface area contributed by atoms with Crippen LogP contribution >= 0.6 is 0 Å². The average Bonchev–Trinajstić information content (AvgIpc) is 2.26. The van der Waals surface area contributed by atoms with E-state index in [9.17, 15) is 4.79 Å². The Hall–Kier alpha value is -2.14. The molecule has 0 aliphatic carbocycles. The SMILES string of the molecule is Cc1cc(NN)c2cccc(C(=O)O)c2n1. The number of carboxylic acid groups (broad SMARTS) is 1. The van der Waals surface area contributed by atoms with Gasteiger partial charge in [-0.25, -0.2) is 4.79 Å². The Balaban J connectivity index is 2.87. The highest BCUT2D eigenvalue weighted by Crippen LogP contribution is 2.24. The van der Waals surface area contributed by atoms with Crippen LogP contribution in [0.25, 0.3) is 10.9 Å². The predicted molar refractivity (Wildman–Crippen MR) is 61.2 cm³/mol. The molecule has 0 bridgehead atoms. The van der Waals surface area contributed by atoms with Gasteiger partial charge < -0.3 is 10.5 Å². The Kier molecular flexibility index (Phi) is 2.46. The van der Waals surface area contributed by atoms with Crippen LogP contribution in [0.3, 0.4) is 0 Å². The number of hydrogen-bond donors (Lipinski definition) is 3. The molecular weight excluding hydrogens is 206 g/mol. The summed E-state index contributed by atoms with van der Waals surface area (Å²) in [5, 5.41) is 9.75. The number of anilines is 1. The van der Waals surface area contributed by atoms with Gasteiger partial charge in [-0.2, -0.15) is 0 Å². The van der Waals surface area contributed by atoms with E-state index in [0.717, 1.165) is 0 Å². The summed E-state index contributed by atoms with van der Waals surface area (Å²) in [7, 11) is 0. The minimum absolute atomic E-state index is 0.178. The van der Waals surface area contributed by atoms with Gasteiger partial charge in [0.05, 0.1) is 16.8 Å². The number of nitrogens with one attached hydrogen (secondary N) is 1. The smallest absolute Gasteiger partial charge is 0.337 e. The number of nitrogen functional groups attached to an aromatic ring is 1. The fourth-order valence-corrected chi connectivity index (χ4v) is 1.67. The summed E-state index contributed by atoms with van der Waals surface area (Å²) < 4.78 is 0. The van der Waals surface area contributed by atoms with Crippen LogP contribution < -0.4 is 11.3 Å². The quantitative estimate of drug-likeness (QED) is 0.524. The van der Waals surface area contributed by atoms with Gasteiger partial charge in [0, 0.05) is 11.1 Å². The highest BCUT2D eigenvalue weighted by atomic mass is 16.4. The molecule has 16 heavy (non-hydrogen) atoms. The number of para-hydroxylation sites is 1. The second-order valence-electron chi connectivity index (χ2n) is 3.46. The van der Waals surface area contributed by atoms with E-state index in [4.69, 9.17) is 10.9 Å². The zero-order valence-corrected chi connectivity index (χ0v) is 8.69. The molecule has 1 aromatic carbocycles. The molecule has 0 saturated carbocycles. The summed E-state index contributed by atoms with van der Waals surface area (Å²) in [5.41, 5.74) is 4.56. The first-order chi connectivity index (χ1) is 7.63. The van der Waals surface area contributed by atoms with Crippen LogP contribution in [0, 0.1) is 6.92 Å². The molecular formula is C11H11N3O2. The molecule has 0 amide bonds. The molecule has 0 fully saturated rings. The molecule has 4 N–H and O–H groups in total. The van der Waals surface area contributed by atoms with Crippen LogP contribution in [0.2, 0.25) is 0 Å². The van der Waals surface area contributed by atoms with Gasteiger partial charge in [-0.3, -0.25) is 10.8 Å². The zero-order chi connectivity index (χ0) is 11.7. The molecule has 0 aliphatic rings. The van der Waals surface area contributed by atoms with Gasteiger partial charge >= 0.3 is 5.97 Å². The Morgan fingerprint density at radius 3 is 2.88 bits per heavy atom. The number of fused-ring (bicyclic) bond motifs is 1. The van der Waals surface area contributed by atoms with Crippen LogP contribution in [0.4, 0.5) is 5.69 Å². The molecule has 0 atom stereocenters. The monoisotopic (exact) mass is 217 g/mol. The Labute approximate surface area is 91.9 Å². The summed E-state index contributed by atoms with van der Waals surface area (Å²) >= 11 is 0. The largest absolute Gasteiger partial charge is 0.478 e. The summed E-state index contributed by atoms with van der Waals surface area (Å²) in [5.74, 6) is 4.39. The molecule has 0 saturated heterocycles. The van der Waals surface area contributed by atoms with E-state index >= 15 is 0 Å². The highest BCUT2D eigenvalue weighted by molar-refractivity contribution is 6.05. The van der Waals surface area contributed by atoms with E-state index < -0.39 is 5.97 Å². The topological polar surface area (TPSA) is 88.2 Å². The lowest BCUT2D eigenvalue weighted by Crippen LogP contribution is -2.09. The van der Waals surface area contributed by atoms with Gasteiger partial charge in [-0.05, 0) is 19.1 Å². The molecule has 0 radical (unpaired) electrons. The van der Waals surface area contributed by atoms with Gasteiger partial charge in [-0.15, -0.1) is 0 Å². The highest BCUT2D eigenvalue weighted by Gasteiger charge is 2.11. The number of rotatable bonds is 2. The van der Waals surface area contributed by atoms with E-state index in [1.54, 1.807) is 25.1 Å². The summed E-state index contributed by atoms with van der Waals surface area (Å²) in [6, 6.07) is 6.75. The van der Waals surface area contributed by atoms with Crippen molar-refractivity contribution in [2.24, 2.45) is 5.84 Å². The molecule has 0 unspecified atom stereocenters. The maximum Gasteiger partial charge on any atom is 0.337 e. The summed E-state index contributed by atoms with van der Waals surface area (Å²) in [6.07, 6.45) is 0. The van der Waals surface area contributed by atoms with Gasteiger partial charge in [0.1, 0.15) is 0 Å². The van der Waals surface area contributed by atoms with Crippen molar-refractivity contribution in [3.8, 4) is 0 Å². The fourth-order valence-electron chi connectivity index (χ4n) is 1.67. The lowest BCUT2D eigenvalue weighted by molar-refractivity contribution is 0.0699. The van der Waals surface area contributed by atoms with Crippen molar-refractivity contribution in [2.45, 2.75) is 6.92 Å². The van der Waals surface area contributed by atoms with Crippen molar-refractivity contribution in [1.82, 2.24) is 4.98 Å².